The monoisotopic (exact) mass is 711 g/mol. The number of phenolic OH excluding ortho intramolecular Hbond substituents is 1. The van der Waals surface area contributed by atoms with Crippen LogP contribution in [0.3, 0.4) is 0 Å². The summed E-state index contributed by atoms with van der Waals surface area (Å²) in [5.41, 5.74) is 12.8. The number of hydrogen-bond acceptors (Lipinski definition) is 1. The summed E-state index contributed by atoms with van der Waals surface area (Å²) in [7, 11) is 0. The second-order valence-electron chi connectivity index (χ2n) is 14.3. The minimum absolute atomic E-state index is 0. The van der Waals surface area contributed by atoms with E-state index in [1.165, 1.54) is 73.7 Å². The molecule has 3 fully saturated rings. The molecule has 1 N–H and O–H groups in total. The Balaban J connectivity index is 0.000000182. The van der Waals surface area contributed by atoms with E-state index in [2.05, 4.69) is 111 Å². The van der Waals surface area contributed by atoms with Crippen LogP contribution in [0.2, 0.25) is 0 Å². The van der Waals surface area contributed by atoms with Crippen LogP contribution in [-0.2, 0) is 12.8 Å². The Bertz CT molecular complexity index is 1570. The molecule has 0 radical (unpaired) electrons. The van der Waals surface area contributed by atoms with Crippen LogP contribution < -0.4 is 0 Å². The van der Waals surface area contributed by atoms with E-state index < -0.39 is 0 Å². The molecule has 10 rings (SSSR count). The van der Waals surface area contributed by atoms with E-state index in [4.69, 9.17) is 5.11 Å². The largest absolute Gasteiger partial charge is 0.508 e. The molecule has 4 unspecified atom stereocenters. The first-order valence-electron chi connectivity index (χ1n) is 20.7. The van der Waals surface area contributed by atoms with Gasteiger partial charge in [-0.15, -0.1) is 0 Å². The van der Waals surface area contributed by atoms with Gasteiger partial charge in [0.2, 0.25) is 0 Å². The average molecular weight is 711 g/mol. The van der Waals surface area contributed by atoms with Gasteiger partial charge in [0.15, 0.2) is 0 Å². The average Bonchev–Trinajstić information content (AvgIpc) is 4.05. The molecule has 1 heteroatoms. The standard InChI is InChI=1S/2C13H10.C10H16.C9H12O.3C2H6.CH4/c2*1-3-7-12-10(5-1)9-11-6-2-4-8-13(11)12;1-2-9-7-4-5-8(6-7)10(9)3-1;1-7(2)8-3-5-9(10)6-4-8;3*1-2;/h2*1-8H,9H2;7-10H,1-6H2;3-7,10H,1-2H3;3*1-2H3;1H4. The molecule has 0 amide bonds. The quantitative estimate of drug-likeness (QED) is 0.180. The molecule has 0 saturated heterocycles. The van der Waals surface area contributed by atoms with Crippen molar-refractivity contribution in [3.63, 3.8) is 0 Å². The van der Waals surface area contributed by atoms with Gasteiger partial charge in [0, 0.05) is 0 Å². The fourth-order valence-corrected chi connectivity index (χ4v) is 9.04. The summed E-state index contributed by atoms with van der Waals surface area (Å²) in [4.78, 5) is 0. The van der Waals surface area contributed by atoms with Gasteiger partial charge in [-0.25, -0.2) is 0 Å². The highest BCUT2D eigenvalue weighted by molar-refractivity contribution is 5.77. The summed E-state index contributed by atoms with van der Waals surface area (Å²) >= 11 is 0. The minimum Gasteiger partial charge on any atom is -0.508 e. The molecule has 3 saturated carbocycles. The van der Waals surface area contributed by atoms with Crippen molar-refractivity contribution in [2.45, 2.75) is 120 Å². The smallest absolute Gasteiger partial charge is 0.115 e. The van der Waals surface area contributed by atoms with Crippen molar-refractivity contribution in [3.8, 4) is 28.0 Å². The van der Waals surface area contributed by atoms with Gasteiger partial charge in [0.1, 0.15) is 5.75 Å². The van der Waals surface area contributed by atoms with Crippen LogP contribution in [0.15, 0.2) is 121 Å². The Morgan fingerprint density at radius 1 is 0.453 bits per heavy atom. The van der Waals surface area contributed by atoms with Gasteiger partial charge in [-0.05, 0) is 137 Å². The second kappa shape index (κ2) is 22.2. The molecule has 2 bridgehead atoms. The third-order valence-electron chi connectivity index (χ3n) is 11.3. The van der Waals surface area contributed by atoms with Crippen molar-refractivity contribution in [1.82, 2.24) is 0 Å². The molecule has 284 valence electrons. The number of aromatic hydroxyl groups is 1. The SMILES string of the molecule is C.C1CC2C3CCC(C3)C2C1.CC.CC.CC.CC(C)c1ccc(O)cc1.c1ccc2c(c1)Cc1ccccc1-2.c1ccc2c(c1)Cc1ccccc1-2. The van der Waals surface area contributed by atoms with Gasteiger partial charge in [-0.3, -0.25) is 0 Å². The number of benzene rings is 5. The number of rotatable bonds is 1. The first kappa shape index (κ1) is 43.3. The van der Waals surface area contributed by atoms with Gasteiger partial charge in [-0.2, -0.15) is 0 Å². The number of phenols is 1. The summed E-state index contributed by atoms with van der Waals surface area (Å²) in [5.74, 6) is 5.68. The lowest BCUT2D eigenvalue weighted by Gasteiger charge is -2.23. The lowest BCUT2D eigenvalue weighted by atomic mass is 9.82. The Hall–Kier alpha value is -4.10. The zero-order valence-corrected chi connectivity index (χ0v) is 33.5. The molecule has 0 aliphatic heterocycles. The Kier molecular flexibility index (Phi) is 18.1. The van der Waals surface area contributed by atoms with Crippen LogP contribution in [0, 0.1) is 23.7 Å². The third-order valence-corrected chi connectivity index (χ3v) is 11.3. The molecule has 4 atom stereocenters. The highest BCUT2D eigenvalue weighted by Crippen LogP contribution is 2.58. The third kappa shape index (κ3) is 10.7. The molecule has 0 spiro atoms. The van der Waals surface area contributed by atoms with Crippen molar-refractivity contribution in [2.75, 3.05) is 0 Å². The predicted octanol–water partition coefficient (Wildman–Crippen LogP) is 15.6. The van der Waals surface area contributed by atoms with Crippen molar-refractivity contribution in [2.24, 2.45) is 23.7 Å². The van der Waals surface area contributed by atoms with E-state index in [1.54, 1.807) is 50.7 Å². The van der Waals surface area contributed by atoms with E-state index in [0.29, 0.717) is 11.7 Å². The summed E-state index contributed by atoms with van der Waals surface area (Å²) in [6, 6.07) is 41.9. The van der Waals surface area contributed by atoms with Gasteiger partial charge >= 0.3 is 0 Å². The molecular weight excluding hydrogens is 641 g/mol. The molecule has 53 heavy (non-hydrogen) atoms. The van der Waals surface area contributed by atoms with E-state index in [1.807, 2.05) is 53.7 Å². The molecule has 0 aromatic heterocycles. The topological polar surface area (TPSA) is 20.2 Å². The lowest BCUT2D eigenvalue weighted by molar-refractivity contribution is 0.259. The Labute approximate surface area is 324 Å². The van der Waals surface area contributed by atoms with Crippen LogP contribution in [0.5, 0.6) is 5.75 Å². The fourth-order valence-electron chi connectivity index (χ4n) is 9.04. The maximum Gasteiger partial charge on any atom is 0.115 e. The van der Waals surface area contributed by atoms with Crippen molar-refractivity contribution >= 4 is 0 Å². The molecule has 5 aliphatic carbocycles. The van der Waals surface area contributed by atoms with E-state index in [0.717, 1.165) is 12.8 Å². The first-order valence-corrected chi connectivity index (χ1v) is 20.7. The predicted molar refractivity (Wildman–Crippen MR) is 234 cm³/mol. The Morgan fingerprint density at radius 3 is 1.09 bits per heavy atom. The normalized spacial score (nSPS) is 19.2. The van der Waals surface area contributed by atoms with Crippen LogP contribution in [0.4, 0.5) is 0 Å². The van der Waals surface area contributed by atoms with Crippen LogP contribution in [-0.4, -0.2) is 5.11 Å². The molecule has 5 aliphatic rings. The van der Waals surface area contributed by atoms with Crippen molar-refractivity contribution in [3.05, 3.63) is 149 Å². The highest BCUT2D eigenvalue weighted by Gasteiger charge is 2.48. The maximum atomic E-state index is 8.94. The molecule has 0 heterocycles. The first-order chi connectivity index (χ1) is 25.5. The lowest BCUT2D eigenvalue weighted by Crippen LogP contribution is -2.15. The highest BCUT2D eigenvalue weighted by atomic mass is 16.3. The zero-order valence-electron chi connectivity index (χ0n) is 33.5. The van der Waals surface area contributed by atoms with Gasteiger partial charge in [0.05, 0.1) is 0 Å². The molecule has 1 nitrogen and oxygen atoms in total. The van der Waals surface area contributed by atoms with Crippen molar-refractivity contribution < 1.29 is 5.11 Å². The fraction of sp³-hybridized carbons (Fsp3) is 0.423. The van der Waals surface area contributed by atoms with Crippen LogP contribution in [0.1, 0.15) is 135 Å². The summed E-state index contributed by atoms with van der Waals surface area (Å²) in [6.07, 6.45) is 11.7. The van der Waals surface area contributed by atoms with E-state index >= 15 is 0 Å². The van der Waals surface area contributed by atoms with Gasteiger partial charge in [-0.1, -0.05) is 178 Å². The number of fused-ring (bicyclic) bond motifs is 11. The van der Waals surface area contributed by atoms with Crippen LogP contribution >= 0.6 is 0 Å². The zero-order chi connectivity index (χ0) is 37.5. The van der Waals surface area contributed by atoms with E-state index in [9.17, 15) is 0 Å². The van der Waals surface area contributed by atoms with E-state index in [-0.39, 0.29) is 7.43 Å². The summed E-state index contributed by atoms with van der Waals surface area (Å²) in [6.45, 7) is 16.3. The van der Waals surface area contributed by atoms with Gasteiger partial charge < -0.3 is 5.11 Å². The number of hydrogen-bond donors (Lipinski definition) is 1. The summed E-state index contributed by atoms with van der Waals surface area (Å²) < 4.78 is 0. The molecule has 5 aromatic carbocycles. The van der Waals surface area contributed by atoms with Crippen LogP contribution in [0.25, 0.3) is 22.3 Å². The molecular formula is C52H70O. The summed E-state index contributed by atoms with van der Waals surface area (Å²) in [5, 5.41) is 8.94. The molecule has 5 aromatic rings. The van der Waals surface area contributed by atoms with Crippen molar-refractivity contribution in [1.29, 1.82) is 0 Å². The second-order valence-corrected chi connectivity index (χ2v) is 14.3. The van der Waals surface area contributed by atoms with Gasteiger partial charge in [0.25, 0.3) is 0 Å². The minimum atomic E-state index is 0. The Morgan fingerprint density at radius 2 is 0.774 bits per heavy atom. The maximum absolute atomic E-state index is 8.94.